The van der Waals surface area contributed by atoms with Gasteiger partial charge in [-0.05, 0) is 79.2 Å². The number of carbonyl (C=O) groups excluding carboxylic acids is 3. The number of nitrogens with one attached hydrogen (secondary N) is 2. The molecule has 1 atom stereocenters. The van der Waals surface area contributed by atoms with E-state index in [0.29, 0.717) is 21.8 Å². The second-order valence-electron chi connectivity index (χ2n) is 10.4. The Balaban J connectivity index is 1.18. The van der Waals surface area contributed by atoms with Crippen LogP contribution in [0.5, 0.6) is 0 Å². The quantitative estimate of drug-likeness (QED) is 0.130. The summed E-state index contributed by atoms with van der Waals surface area (Å²) in [5, 5.41) is 7.89. The highest BCUT2D eigenvalue weighted by Gasteiger charge is 2.22. The van der Waals surface area contributed by atoms with Crippen LogP contribution in [-0.2, 0) is 4.79 Å². The van der Waals surface area contributed by atoms with Crippen LogP contribution < -0.4 is 10.6 Å². The van der Waals surface area contributed by atoms with Crippen molar-refractivity contribution in [3.8, 4) is 0 Å². The summed E-state index contributed by atoms with van der Waals surface area (Å²) < 4.78 is 1.80. The van der Waals surface area contributed by atoms with Gasteiger partial charge in [-0.2, -0.15) is 0 Å². The minimum Gasteiger partial charge on any atom is -0.321 e. The average Bonchev–Trinajstić information content (AvgIpc) is 3.40. The van der Waals surface area contributed by atoms with E-state index in [4.69, 9.17) is 11.6 Å². The molecule has 0 saturated heterocycles. The van der Waals surface area contributed by atoms with Gasteiger partial charge in [0.25, 0.3) is 11.8 Å². The summed E-state index contributed by atoms with van der Waals surface area (Å²) >= 11 is 7.47. The number of aromatic nitrogens is 1. The van der Waals surface area contributed by atoms with Gasteiger partial charge >= 0.3 is 0 Å². The number of carbonyl (C=O) groups is 3. The molecule has 6 rings (SSSR count). The summed E-state index contributed by atoms with van der Waals surface area (Å²) in [4.78, 5) is 40.9. The normalized spacial score (nSPS) is 12.2. The Morgan fingerprint density at radius 3 is 1.93 bits per heavy atom. The molecule has 6 aromatic rings. The molecule has 5 aromatic carbocycles. The zero-order chi connectivity index (χ0) is 31.3. The molecule has 1 unspecified atom stereocenters. The molecule has 0 aliphatic rings. The lowest BCUT2D eigenvalue weighted by molar-refractivity contribution is -0.113. The monoisotopic (exact) mass is 629 g/mol. The standard InChI is InChI=1S/C37H28ClN3O3S/c1-24(37(44)41-33-13-7-5-11-30(33)31-12-6-8-14-34(31)41)45-29-21-19-28(20-22-29)39-36(43)32(23-25-15-17-27(38)18-16-25)40-35(42)26-9-3-2-4-10-26/h2-24H,1H3,(H,39,43)(H,40,42)/b32-23-. The first kappa shape index (κ1) is 29.9. The van der Waals surface area contributed by atoms with Crippen molar-refractivity contribution in [1.29, 1.82) is 0 Å². The zero-order valence-electron chi connectivity index (χ0n) is 24.2. The molecule has 0 aliphatic carbocycles. The molecule has 0 fully saturated rings. The van der Waals surface area contributed by atoms with Crippen LogP contribution in [0.1, 0.15) is 27.6 Å². The Labute approximate surface area is 269 Å². The topological polar surface area (TPSA) is 80.2 Å². The van der Waals surface area contributed by atoms with Crippen LogP contribution in [0.15, 0.2) is 138 Å². The minimum atomic E-state index is -0.482. The van der Waals surface area contributed by atoms with Crippen molar-refractivity contribution in [2.75, 3.05) is 5.32 Å². The van der Waals surface area contributed by atoms with Gasteiger partial charge in [-0.15, -0.1) is 11.8 Å². The Morgan fingerprint density at radius 1 is 0.733 bits per heavy atom. The molecule has 1 heterocycles. The number of rotatable bonds is 8. The number of anilines is 1. The molecule has 1 aromatic heterocycles. The van der Waals surface area contributed by atoms with Crippen LogP contribution in [0.3, 0.4) is 0 Å². The lowest BCUT2D eigenvalue weighted by Crippen LogP contribution is -2.30. The van der Waals surface area contributed by atoms with Crippen LogP contribution in [0, 0.1) is 0 Å². The number of benzene rings is 5. The van der Waals surface area contributed by atoms with E-state index in [1.54, 1.807) is 71.3 Å². The predicted octanol–water partition coefficient (Wildman–Crippen LogP) is 8.68. The molecule has 8 heteroatoms. The molecule has 0 bridgehead atoms. The summed E-state index contributed by atoms with van der Waals surface area (Å²) in [6.45, 7) is 1.90. The SMILES string of the molecule is CC(Sc1ccc(NC(=O)/C(=C/c2ccc(Cl)cc2)NC(=O)c2ccccc2)cc1)C(=O)n1c2ccccc2c2ccccc21. The van der Waals surface area contributed by atoms with Gasteiger partial charge < -0.3 is 10.6 Å². The molecule has 0 radical (unpaired) electrons. The van der Waals surface area contributed by atoms with Gasteiger partial charge in [0, 0.05) is 31.9 Å². The van der Waals surface area contributed by atoms with Crippen molar-refractivity contribution >= 4 is 74.7 Å². The van der Waals surface area contributed by atoms with Crippen molar-refractivity contribution in [2.24, 2.45) is 0 Å². The van der Waals surface area contributed by atoms with Gasteiger partial charge in [-0.1, -0.05) is 78.3 Å². The maximum absolute atomic E-state index is 13.7. The summed E-state index contributed by atoms with van der Waals surface area (Å²) in [5.74, 6) is -0.898. The molecule has 45 heavy (non-hydrogen) atoms. The summed E-state index contributed by atoms with van der Waals surface area (Å²) in [6.07, 6.45) is 1.60. The Hall–Kier alpha value is -5.11. The van der Waals surface area contributed by atoms with Gasteiger partial charge in [0.15, 0.2) is 0 Å². The van der Waals surface area contributed by atoms with Crippen LogP contribution in [0.4, 0.5) is 5.69 Å². The molecule has 0 aliphatic heterocycles. The van der Waals surface area contributed by atoms with Gasteiger partial charge in [0.05, 0.1) is 16.3 Å². The third kappa shape index (κ3) is 6.70. The first-order valence-corrected chi connectivity index (χ1v) is 15.6. The maximum atomic E-state index is 13.7. The first-order chi connectivity index (χ1) is 21.9. The summed E-state index contributed by atoms with van der Waals surface area (Å²) in [7, 11) is 0. The minimum absolute atomic E-state index is 0.0130. The maximum Gasteiger partial charge on any atom is 0.272 e. The van der Waals surface area contributed by atoms with Crippen LogP contribution in [0.25, 0.3) is 27.9 Å². The second-order valence-corrected chi connectivity index (χ2v) is 12.2. The molecular weight excluding hydrogens is 602 g/mol. The molecule has 0 spiro atoms. The number of hydrogen-bond donors (Lipinski definition) is 2. The number of thioether (sulfide) groups is 1. The van der Waals surface area contributed by atoms with E-state index < -0.39 is 11.8 Å². The summed E-state index contributed by atoms with van der Waals surface area (Å²) in [6, 6.07) is 38.8. The molecule has 0 saturated carbocycles. The number of nitrogens with zero attached hydrogens (tertiary/aromatic N) is 1. The Kier molecular flexibility index (Phi) is 8.82. The third-order valence-electron chi connectivity index (χ3n) is 7.28. The number of fused-ring (bicyclic) bond motifs is 3. The second kappa shape index (κ2) is 13.3. The highest BCUT2D eigenvalue weighted by Crippen LogP contribution is 2.32. The lowest BCUT2D eigenvalue weighted by Gasteiger charge is -2.14. The highest BCUT2D eigenvalue weighted by atomic mass is 35.5. The van der Waals surface area contributed by atoms with Gasteiger partial charge in [-0.3, -0.25) is 19.0 Å². The van der Waals surface area contributed by atoms with Crippen molar-refractivity contribution in [3.63, 3.8) is 0 Å². The first-order valence-electron chi connectivity index (χ1n) is 14.3. The molecule has 2 amide bonds. The fourth-order valence-corrected chi connectivity index (χ4v) is 6.11. The molecule has 2 N–H and O–H groups in total. The van der Waals surface area contributed by atoms with Gasteiger partial charge in [-0.25, -0.2) is 0 Å². The van der Waals surface area contributed by atoms with E-state index in [2.05, 4.69) is 10.6 Å². The van der Waals surface area contributed by atoms with E-state index in [9.17, 15) is 14.4 Å². The zero-order valence-corrected chi connectivity index (χ0v) is 25.8. The van der Waals surface area contributed by atoms with Crippen molar-refractivity contribution in [2.45, 2.75) is 17.1 Å². The fourth-order valence-electron chi connectivity index (χ4n) is 5.08. The van der Waals surface area contributed by atoms with Gasteiger partial charge in [0.1, 0.15) is 5.70 Å². The van der Waals surface area contributed by atoms with Crippen LogP contribution in [0.2, 0.25) is 5.02 Å². The largest absolute Gasteiger partial charge is 0.321 e. The smallest absolute Gasteiger partial charge is 0.272 e. The van der Waals surface area contributed by atoms with Crippen molar-refractivity contribution < 1.29 is 14.4 Å². The number of para-hydroxylation sites is 2. The lowest BCUT2D eigenvalue weighted by atomic mass is 10.1. The molecule has 6 nitrogen and oxygen atoms in total. The van der Waals surface area contributed by atoms with Gasteiger partial charge in [0.2, 0.25) is 5.91 Å². The third-order valence-corrected chi connectivity index (χ3v) is 8.63. The van der Waals surface area contributed by atoms with E-state index >= 15 is 0 Å². The van der Waals surface area contributed by atoms with Crippen LogP contribution in [-0.4, -0.2) is 27.5 Å². The van der Waals surface area contributed by atoms with E-state index in [1.807, 2.05) is 73.7 Å². The Bertz CT molecular complexity index is 2000. The molecule has 222 valence electrons. The molecular formula is C37H28ClN3O3S. The highest BCUT2D eigenvalue weighted by molar-refractivity contribution is 8.00. The fraction of sp³-hybridized carbons (Fsp3) is 0.0541. The van der Waals surface area contributed by atoms with E-state index in [0.717, 1.165) is 26.7 Å². The summed E-state index contributed by atoms with van der Waals surface area (Å²) in [5.41, 5.74) is 3.52. The number of halogens is 1. The van der Waals surface area contributed by atoms with Crippen LogP contribution >= 0.6 is 23.4 Å². The average molecular weight is 630 g/mol. The van der Waals surface area contributed by atoms with Crippen molar-refractivity contribution in [1.82, 2.24) is 9.88 Å². The van der Waals surface area contributed by atoms with E-state index in [-0.39, 0.29) is 16.9 Å². The Morgan fingerprint density at radius 2 is 1.31 bits per heavy atom. The number of amides is 2. The van der Waals surface area contributed by atoms with E-state index in [1.165, 1.54) is 11.8 Å². The predicted molar refractivity (Wildman–Crippen MR) is 184 cm³/mol. The van der Waals surface area contributed by atoms with Crippen molar-refractivity contribution in [3.05, 3.63) is 149 Å². The number of hydrogen-bond acceptors (Lipinski definition) is 4.